The summed E-state index contributed by atoms with van der Waals surface area (Å²) in [5.41, 5.74) is 2.10. The van der Waals surface area contributed by atoms with Crippen molar-refractivity contribution in [1.29, 1.82) is 0 Å². The standard InChI is InChI=1S/C11H14N2O2S/c1-8-2-3-10(13(14)15)6-11(8)12-9-4-5-16-7-9/h2-3,6,9,12H,4-5,7H2,1H3. The first-order valence-corrected chi connectivity index (χ1v) is 6.41. The predicted molar refractivity (Wildman–Crippen MR) is 67.2 cm³/mol. The summed E-state index contributed by atoms with van der Waals surface area (Å²) in [4.78, 5) is 10.3. The second kappa shape index (κ2) is 4.74. The lowest BCUT2D eigenvalue weighted by Gasteiger charge is -2.14. The van der Waals surface area contributed by atoms with E-state index in [1.807, 2.05) is 18.7 Å². The van der Waals surface area contributed by atoms with Gasteiger partial charge in [0.25, 0.3) is 5.69 Å². The Bertz CT molecular complexity index is 403. The summed E-state index contributed by atoms with van der Waals surface area (Å²) in [5.74, 6) is 2.26. The first-order valence-electron chi connectivity index (χ1n) is 5.26. The van der Waals surface area contributed by atoms with Crippen molar-refractivity contribution in [3.8, 4) is 0 Å². The van der Waals surface area contributed by atoms with E-state index in [1.165, 1.54) is 5.75 Å². The Morgan fingerprint density at radius 3 is 3.00 bits per heavy atom. The van der Waals surface area contributed by atoms with Crippen molar-refractivity contribution in [3.05, 3.63) is 33.9 Å². The van der Waals surface area contributed by atoms with E-state index in [0.717, 1.165) is 23.4 Å². The molecule has 0 radical (unpaired) electrons. The molecule has 1 unspecified atom stereocenters. The topological polar surface area (TPSA) is 55.2 Å². The summed E-state index contributed by atoms with van der Waals surface area (Å²) >= 11 is 1.92. The van der Waals surface area contributed by atoms with Crippen molar-refractivity contribution in [2.45, 2.75) is 19.4 Å². The predicted octanol–water partition coefficient (Wildman–Crippen LogP) is 2.82. The normalized spacial score (nSPS) is 19.7. The SMILES string of the molecule is Cc1ccc([N+](=O)[O-])cc1NC1CCSC1. The lowest BCUT2D eigenvalue weighted by atomic mass is 10.1. The van der Waals surface area contributed by atoms with E-state index in [-0.39, 0.29) is 10.6 Å². The van der Waals surface area contributed by atoms with Crippen LogP contribution in [0.5, 0.6) is 0 Å². The van der Waals surface area contributed by atoms with E-state index >= 15 is 0 Å². The molecule has 16 heavy (non-hydrogen) atoms. The molecule has 1 saturated heterocycles. The molecule has 1 N–H and O–H groups in total. The highest BCUT2D eigenvalue weighted by molar-refractivity contribution is 7.99. The summed E-state index contributed by atoms with van der Waals surface area (Å²) in [6.07, 6.45) is 1.13. The van der Waals surface area contributed by atoms with Gasteiger partial charge in [-0.2, -0.15) is 11.8 Å². The van der Waals surface area contributed by atoms with E-state index < -0.39 is 0 Å². The second-order valence-electron chi connectivity index (χ2n) is 3.96. The fraction of sp³-hybridized carbons (Fsp3) is 0.455. The number of aryl methyl sites for hydroxylation is 1. The van der Waals surface area contributed by atoms with Gasteiger partial charge in [0, 0.05) is 29.6 Å². The molecule has 2 rings (SSSR count). The van der Waals surface area contributed by atoms with Crippen molar-refractivity contribution in [3.63, 3.8) is 0 Å². The number of benzene rings is 1. The van der Waals surface area contributed by atoms with Crippen molar-refractivity contribution >= 4 is 23.1 Å². The van der Waals surface area contributed by atoms with Gasteiger partial charge >= 0.3 is 0 Å². The molecule has 1 fully saturated rings. The van der Waals surface area contributed by atoms with E-state index in [9.17, 15) is 10.1 Å². The average Bonchev–Trinajstić information content (AvgIpc) is 2.73. The van der Waals surface area contributed by atoms with Gasteiger partial charge in [0.15, 0.2) is 0 Å². The Balaban J connectivity index is 2.17. The van der Waals surface area contributed by atoms with Crippen LogP contribution in [0.25, 0.3) is 0 Å². The Morgan fingerprint density at radius 1 is 1.56 bits per heavy atom. The minimum atomic E-state index is -0.353. The molecule has 86 valence electrons. The number of nitrogens with zero attached hydrogens (tertiary/aromatic N) is 1. The third kappa shape index (κ3) is 2.47. The maximum absolute atomic E-state index is 10.7. The van der Waals surface area contributed by atoms with Crippen molar-refractivity contribution in [2.24, 2.45) is 0 Å². The van der Waals surface area contributed by atoms with Crippen LogP contribution in [0.1, 0.15) is 12.0 Å². The second-order valence-corrected chi connectivity index (χ2v) is 5.11. The summed E-state index contributed by atoms with van der Waals surface area (Å²) in [5, 5.41) is 14.1. The molecule has 0 aromatic heterocycles. The fourth-order valence-electron chi connectivity index (χ4n) is 1.75. The molecular formula is C11H14N2O2S. The molecule has 0 bridgehead atoms. The van der Waals surface area contributed by atoms with Crippen LogP contribution in [0.4, 0.5) is 11.4 Å². The zero-order valence-corrected chi connectivity index (χ0v) is 9.92. The van der Waals surface area contributed by atoms with Gasteiger partial charge in [-0.3, -0.25) is 10.1 Å². The number of thioether (sulfide) groups is 1. The number of rotatable bonds is 3. The van der Waals surface area contributed by atoms with Gasteiger partial charge in [-0.15, -0.1) is 0 Å². The van der Waals surface area contributed by atoms with E-state index in [4.69, 9.17) is 0 Å². The van der Waals surface area contributed by atoms with Gasteiger partial charge in [-0.1, -0.05) is 6.07 Å². The maximum atomic E-state index is 10.7. The van der Waals surface area contributed by atoms with Gasteiger partial charge in [0.05, 0.1) is 4.92 Å². The summed E-state index contributed by atoms with van der Waals surface area (Å²) < 4.78 is 0. The summed E-state index contributed by atoms with van der Waals surface area (Å²) in [6, 6.07) is 5.41. The molecule has 5 heteroatoms. The molecule has 0 spiro atoms. The van der Waals surface area contributed by atoms with Crippen LogP contribution in [-0.4, -0.2) is 22.5 Å². The number of nitrogens with one attached hydrogen (secondary N) is 1. The van der Waals surface area contributed by atoms with Crippen molar-refractivity contribution in [1.82, 2.24) is 0 Å². The molecule has 1 aromatic rings. The zero-order chi connectivity index (χ0) is 11.5. The fourth-order valence-corrected chi connectivity index (χ4v) is 2.90. The number of nitro groups is 1. The van der Waals surface area contributed by atoms with Crippen molar-refractivity contribution < 1.29 is 4.92 Å². The van der Waals surface area contributed by atoms with E-state index in [0.29, 0.717) is 6.04 Å². The molecule has 1 aliphatic heterocycles. The number of hydrogen-bond acceptors (Lipinski definition) is 4. The van der Waals surface area contributed by atoms with Crippen LogP contribution >= 0.6 is 11.8 Å². The number of anilines is 1. The molecule has 1 aromatic carbocycles. The van der Waals surface area contributed by atoms with Gasteiger partial charge in [0.2, 0.25) is 0 Å². The van der Waals surface area contributed by atoms with Crippen LogP contribution in [0.15, 0.2) is 18.2 Å². The summed E-state index contributed by atoms with van der Waals surface area (Å²) in [6.45, 7) is 1.97. The number of hydrogen-bond donors (Lipinski definition) is 1. The Hall–Kier alpha value is -1.23. The highest BCUT2D eigenvalue weighted by atomic mass is 32.2. The lowest BCUT2D eigenvalue weighted by molar-refractivity contribution is -0.384. The highest BCUT2D eigenvalue weighted by Crippen LogP contribution is 2.26. The van der Waals surface area contributed by atoms with Crippen LogP contribution in [0.3, 0.4) is 0 Å². The molecule has 0 saturated carbocycles. The van der Waals surface area contributed by atoms with Gasteiger partial charge in [-0.25, -0.2) is 0 Å². The molecular weight excluding hydrogens is 224 g/mol. The number of non-ortho nitro benzene ring substituents is 1. The maximum Gasteiger partial charge on any atom is 0.271 e. The molecule has 1 atom stereocenters. The minimum absolute atomic E-state index is 0.152. The lowest BCUT2D eigenvalue weighted by Crippen LogP contribution is -2.18. The molecule has 0 aliphatic carbocycles. The van der Waals surface area contributed by atoms with E-state index in [1.54, 1.807) is 18.2 Å². The monoisotopic (exact) mass is 238 g/mol. The molecule has 1 aliphatic rings. The van der Waals surface area contributed by atoms with Crippen LogP contribution < -0.4 is 5.32 Å². The average molecular weight is 238 g/mol. The largest absolute Gasteiger partial charge is 0.381 e. The quantitative estimate of drug-likeness (QED) is 0.650. The third-order valence-corrected chi connectivity index (χ3v) is 3.88. The van der Waals surface area contributed by atoms with Crippen LogP contribution in [0.2, 0.25) is 0 Å². The Kier molecular flexibility index (Phi) is 3.33. The highest BCUT2D eigenvalue weighted by Gasteiger charge is 2.17. The Labute approximate surface area is 98.6 Å². The van der Waals surface area contributed by atoms with E-state index in [2.05, 4.69) is 5.32 Å². The van der Waals surface area contributed by atoms with Crippen LogP contribution in [-0.2, 0) is 0 Å². The third-order valence-electron chi connectivity index (χ3n) is 2.72. The van der Waals surface area contributed by atoms with Gasteiger partial charge in [-0.05, 0) is 24.7 Å². The minimum Gasteiger partial charge on any atom is -0.381 e. The van der Waals surface area contributed by atoms with Gasteiger partial charge in [0.1, 0.15) is 0 Å². The first-order chi connectivity index (χ1) is 7.66. The Morgan fingerprint density at radius 2 is 2.38 bits per heavy atom. The smallest absolute Gasteiger partial charge is 0.271 e. The number of nitro benzene ring substituents is 1. The zero-order valence-electron chi connectivity index (χ0n) is 9.10. The summed E-state index contributed by atoms with van der Waals surface area (Å²) in [7, 11) is 0. The van der Waals surface area contributed by atoms with Crippen LogP contribution in [0, 0.1) is 17.0 Å². The molecule has 0 amide bonds. The van der Waals surface area contributed by atoms with Crippen molar-refractivity contribution in [2.75, 3.05) is 16.8 Å². The van der Waals surface area contributed by atoms with Gasteiger partial charge < -0.3 is 5.32 Å². The first kappa shape index (κ1) is 11.3. The molecule has 1 heterocycles. The molecule has 4 nitrogen and oxygen atoms in total.